The maximum atomic E-state index is 12.9. The van der Waals surface area contributed by atoms with Crippen LogP contribution in [0.3, 0.4) is 0 Å². The Kier molecular flexibility index (Phi) is 64.7. The number of carbonyl (C=O) groups excluding carboxylic acids is 3. The molecule has 0 spiro atoms. The van der Waals surface area contributed by atoms with Gasteiger partial charge in [0.05, 0.1) is 0 Å². The van der Waals surface area contributed by atoms with E-state index >= 15 is 0 Å². The monoisotopic (exact) mass is 1110 g/mol. The Morgan fingerprint density at radius 2 is 0.487 bits per heavy atom. The number of carbonyl (C=O) groups is 3. The molecule has 0 radical (unpaired) electrons. The van der Waals surface area contributed by atoms with Crippen molar-refractivity contribution in [2.75, 3.05) is 13.2 Å². The zero-order valence-corrected chi connectivity index (χ0v) is 52.8. The third kappa shape index (κ3) is 65.1. The standard InChI is InChI=1S/C74H128O6/c1-4-7-10-13-16-19-22-25-28-31-33-34-35-36-37-38-39-40-41-44-46-49-52-55-58-61-64-67-73(76)79-70-71(69-78-72(75)66-63-60-57-54-51-48-45-42-30-27-24-21-18-15-12-9-6-3)80-74(77)68-65-62-59-56-53-50-47-43-32-29-26-23-20-17-14-11-8-5-2/h7,10,16,19,25,27-28,30,33-34,36-37,39-40,44,46,71H,4-6,8-9,11-15,17-18,20-24,26,29,31-32,35,38,41-43,45,47-70H2,1-3H3/b10-7-,19-16-,28-25-,30-27-,34-33-,37-36-,40-39-,46-44-. The lowest BCUT2D eigenvalue weighted by Gasteiger charge is -2.18. The fraction of sp³-hybridized carbons (Fsp3) is 0.743. The van der Waals surface area contributed by atoms with Crippen LogP contribution in [0.1, 0.15) is 335 Å². The third-order valence-corrected chi connectivity index (χ3v) is 14.8. The Morgan fingerprint density at radius 1 is 0.263 bits per heavy atom. The lowest BCUT2D eigenvalue weighted by Crippen LogP contribution is -2.30. The minimum absolute atomic E-state index is 0.0831. The average Bonchev–Trinajstić information content (AvgIpc) is 3.46. The molecule has 0 fully saturated rings. The van der Waals surface area contributed by atoms with Gasteiger partial charge in [-0.1, -0.05) is 311 Å². The zero-order valence-electron chi connectivity index (χ0n) is 52.8. The van der Waals surface area contributed by atoms with E-state index in [2.05, 4.69) is 118 Å². The molecule has 6 nitrogen and oxygen atoms in total. The fourth-order valence-corrected chi connectivity index (χ4v) is 9.71. The van der Waals surface area contributed by atoms with Gasteiger partial charge < -0.3 is 14.2 Å². The largest absolute Gasteiger partial charge is 0.462 e. The van der Waals surface area contributed by atoms with E-state index in [-0.39, 0.29) is 31.1 Å². The van der Waals surface area contributed by atoms with Gasteiger partial charge in [-0.15, -0.1) is 0 Å². The first-order valence-corrected chi connectivity index (χ1v) is 34.2. The van der Waals surface area contributed by atoms with Crippen molar-refractivity contribution in [2.24, 2.45) is 0 Å². The zero-order chi connectivity index (χ0) is 57.8. The number of hydrogen-bond donors (Lipinski definition) is 0. The SMILES string of the molecule is CC/C=C\C/C=C\C/C=C\C/C=C\C/C=C\C/C=C\C/C=C\CCCCCCCC(=O)OCC(COC(=O)CCCCCCCCC/C=C\CCCCCCCC)OC(=O)CCCCCCCCCCCCCCCCCCCC. The van der Waals surface area contributed by atoms with Crippen LogP contribution in [0.25, 0.3) is 0 Å². The number of ether oxygens (including phenoxy) is 3. The van der Waals surface area contributed by atoms with Crippen LogP contribution < -0.4 is 0 Å². The molecule has 0 bridgehead atoms. The van der Waals surface area contributed by atoms with E-state index in [1.165, 1.54) is 173 Å². The van der Waals surface area contributed by atoms with E-state index in [9.17, 15) is 14.4 Å². The van der Waals surface area contributed by atoms with E-state index in [1.807, 2.05) is 0 Å². The van der Waals surface area contributed by atoms with Gasteiger partial charge in [-0.3, -0.25) is 14.4 Å². The summed E-state index contributed by atoms with van der Waals surface area (Å²) in [6, 6.07) is 0. The highest BCUT2D eigenvalue weighted by Gasteiger charge is 2.19. The normalized spacial score (nSPS) is 12.7. The van der Waals surface area contributed by atoms with Gasteiger partial charge in [0.2, 0.25) is 0 Å². The summed E-state index contributed by atoms with van der Waals surface area (Å²) in [6.45, 7) is 6.55. The predicted molar refractivity (Wildman–Crippen MR) is 348 cm³/mol. The highest BCUT2D eigenvalue weighted by Crippen LogP contribution is 2.17. The molecule has 0 saturated carbocycles. The molecule has 0 rings (SSSR count). The van der Waals surface area contributed by atoms with Gasteiger partial charge in [0.15, 0.2) is 6.10 Å². The first-order chi connectivity index (χ1) is 39.5. The third-order valence-electron chi connectivity index (χ3n) is 14.8. The number of unbranched alkanes of at least 4 members (excludes halogenated alkanes) is 35. The maximum absolute atomic E-state index is 12.9. The van der Waals surface area contributed by atoms with Crippen molar-refractivity contribution in [2.45, 2.75) is 341 Å². The van der Waals surface area contributed by atoms with Gasteiger partial charge in [-0.25, -0.2) is 0 Å². The molecule has 0 aromatic carbocycles. The van der Waals surface area contributed by atoms with E-state index in [4.69, 9.17) is 14.2 Å². The van der Waals surface area contributed by atoms with Gasteiger partial charge in [0.25, 0.3) is 0 Å². The van der Waals surface area contributed by atoms with Crippen LogP contribution in [0.4, 0.5) is 0 Å². The first kappa shape index (κ1) is 76.3. The minimum atomic E-state index is -0.788. The molecule has 0 aliphatic rings. The van der Waals surface area contributed by atoms with Crippen LogP contribution in [0, 0.1) is 0 Å². The Bertz CT molecular complexity index is 1560. The summed E-state index contributed by atoms with van der Waals surface area (Å²) in [5.74, 6) is -0.890. The van der Waals surface area contributed by atoms with Crippen molar-refractivity contribution in [3.63, 3.8) is 0 Å². The second kappa shape index (κ2) is 67.8. The summed E-state index contributed by atoms with van der Waals surface area (Å²) >= 11 is 0. The summed E-state index contributed by atoms with van der Waals surface area (Å²) in [6.07, 6.45) is 91.3. The fourth-order valence-electron chi connectivity index (χ4n) is 9.71. The molecule has 1 atom stereocenters. The molecule has 460 valence electrons. The summed E-state index contributed by atoms with van der Waals surface area (Å²) in [5, 5.41) is 0. The molecular formula is C74H128O6. The Morgan fingerprint density at radius 3 is 0.775 bits per heavy atom. The first-order valence-electron chi connectivity index (χ1n) is 34.2. The van der Waals surface area contributed by atoms with Gasteiger partial charge in [0, 0.05) is 19.3 Å². The highest BCUT2D eigenvalue weighted by molar-refractivity contribution is 5.71. The summed E-state index contributed by atoms with van der Waals surface area (Å²) < 4.78 is 17.0. The second-order valence-electron chi connectivity index (χ2n) is 22.7. The van der Waals surface area contributed by atoms with Gasteiger partial charge >= 0.3 is 17.9 Å². The van der Waals surface area contributed by atoms with Crippen molar-refractivity contribution < 1.29 is 28.6 Å². The average molecular weight is 1110 g/mol. The highest BCUT2D eigenvalue weighted by atomic mass is 16.6. The van der Waals surface area contributed by atoms with Crippen molar-refractivity contribution in [3.8, 4) is 0 Å². The van der Waals surface area contributed by atoms with Gasteiger partial charge in [-0.05, 0) is 103 Å². The number of allylic oxidation sites excluding steroid dienone is 16. The molecule has 0 aliphatic heterocycles. The van der Waals surface area contributed by atoms with Crippen LogP contribution in [-0.4, -0.2) is 37.2 Å². The molecule has 0 aliphatic carbocycles. The maximum Gasteiger partial charge on any atom is 0.306 e. The van der Waals surface area contributed by atoms with E-state index in [1.54, 1.807) is 0 Å². The quantitative estimate of drug-likeness (QED) is 0.0261. The van der Waals surface area contributed by atoms with Crippen molar-refractivity contribution >= 4 is 17.9 Å². The molecule has 0 aromatic rings. The molecular weight excluding hydrogens is 985 g/mol. The van der Waals surface area contributed by atoms with Crippen LogP contribution in [0.15, 0.2) is 97.2 Å². The van der Waals surface area contributed by atoms with Crippen LogP contribution in [0.5, 0.6) is 0 Å². The number of esters is 3. The summed E-state index contributed by atoms with van der Waals surface area (Å²) in [4.78, 5) is 38.4. The molecule has 0 saturated heterocycles. The molecule has 0 amide bonds. The smallest absolute Gasteiger partial charge is 0.306 e. The van der Waals surface area contributed by atoms with Gasteiger partial charge in [-0.2, -0.15) is 0 Å². The van der Waals surface area contributed by atoms with Crippen molar-refractivity contribution in [3.05, 3.63) is 97.2 Å². The molecule has 0 heterocycles. The predicted octanol–water partition coefficient (Wildman–Crippen LogP) is 23.6. The number of rotatable bonds is 62. The Labute approximate surface area is 496 Å². The topological polar surface area (TPSA) is 78.9 Å². The summed E-state index contributed by atoms with van der Waals surface area (Å²) in [7, 11) is 0. The van der Waals surface area contributed by atoms with Crippen LogP contribution >= 0.6 is 0 Å². The van der Waals surface area contributed by atoms with E-state index in [0.29, 0.717) is 19.3 Å². The Hall–Kier alpha value is -3.67. The number of hydrogen-bond acceptors (Lipinski definition) is 6. The molecule has 0 aromatic heterocycles. The minimum Gasteiger partial charge on any atom is -0.462 e. The Balaban J connectivity index is 4.39. The lowest BCUT2D eigenvalue weighted by atomic mass is 10.0. The molecule has 1 unspecified atom stereocenters. The van der Waals surface area contributed by atoms with Crippen LogP contribution in [-0.2, 0) is 28.6 Å². The molecule has 6 heteroatoms. The van der Waals surface area contributed by atoms with Crippen LogP contribution in [0.2, 0.25) is 0 Å². The van der Waals surface area contributed by atoms with Crippen molar-refractivity contribution in [1.29, 1.82) is 0 Å². The molecule has 80 heavy (non-hydrogen) atoms. The molecule has 0 N–H and O–H groups in total. The summed E-state index contributed by atoms with van der Waals surface area (Å²) in [5.41, 5.74) is 0. The van der Waals surface area contributed by atoms with Gasteiger partial charge in [0.1, 0.15) is 13.2 Å². The van der Waals surface area contributed by atoms with E-state index in [0.717, 1.165) is 122 Å². The lowest BCUT2D eigenvalue weighted by molar-refractivity contribution is -0.167. The van der Waals surface area contributed by atoms with Crippen molar-refractivity contribution in [1.82, 2.24) is 0 Å². The van der Waals surface area contributed by atoms with E-state index < -0.39 is 6.10 Å². The second-order valence-corrected chi connectivity index (χ2v) is 22.7.